The topological polar surface area (TPSA) is 93.5 Å². The minimum atomic E-state index is -0.432. The first kappa shape index (κ1) is 22.9. The zero-order valence-electron chi connectivity index (χ0n) is 18.2. The Kier molecular flexibility index (Phi) is 7.31. The standard InChI is InChI=1S/C24H23N3O4S2/c1-3-30-17-10-8-16(9-11-17)27-21(28)12-25-23(29)22-19(14-33-24-26-15(2)13-32-24)18-6-4-5-7-20(18)31-22/h4-11,13H,3,12,14H2,1-2H3,(H,25,29)(H,27,28). The summed E-state index contributed by atoms with van der Waals surface area (Å²) in [6, 6.07) is 14.6. The molecule has 0 radical (unpaired) electrons. The Balaban J connectivity index is 1.42. The van der Waals surface area contributed by atoms with Crippen LogP contribution in [0.3, 0.4) is 0 Å². The summed E-state index contributed by atoms with van der Waals surface area (Å²) in [4.78, 5) is 29.7. The Morgan fingerprint density at radius 2 is 1.94 bits per heavy atom. The minimum Gasteiger partial charge on any atom is -0.494 e. The van der Waals surface area contributed by atoms with E-state index in [1.165, 1.54) is 0 Å². The first-order valence-corrected chi connectivity index (χ1v) is 12.3. The van der Waals surface area contributed by atoms with Crippen LogP contribution in [0.1, 0.15) is 28.7 Å². The number of hydrogen-bond donors (Lipinski definition) is 2. The maximum atomic E-state index is 12.9. The number of para-hydroxylation sites is 1. The summed E-state index contributed by atoms with van der Waals surface area (Å²) in [6.45, 7) is 4.25. The molecule has 0 aliphatic rings. The lowest BCUT2D eigenvalue weighted by Crippen LogP contribution is -2.33. The Morgan fingerprint density at radius 3 is 2.67 bits per heavy atom. The number of aryl methyl sites for hydroxylation is 1. The van der Waals surface area contributed by atoms with Gasteiger partial charge in [-0.1, -0.05) is 30.0 Å². The number of thioether (sulfide) groups is 1. The molecule has 4 rings (SSSR count). The molecule has 2 aromatic carbocycles. The van der Waals surface area contributed by atoms with E-state index in [-0.39, 0.29) is 18.2 Å². The van der Waals surface area contributed by atoms with Crippen molar-refractivity contribution in [1.29, 1.82) is 0 Å². The fourth-order valence-electron chi connectivity index (χ4n) is 3.21. The highest BCUT2D eigenvalue weighted by atomic mass is 32.2. The molecule has 0 spiro atoms. The van der Waals surface area contributed by atoms with Crippen LogP contribution in [-0.4, -0.2) is 29.9 Å². The van der Waals surface area contributed by atoms with Crippen molar-refractivity contribution in [2.75, 3.05) is 18.5 Å². The predicted octanol–water partition coefficient (Wildman–Crippen LogP) is 5.26. The largest absolute Gasteiger partial charge is 0.494 e. The fraction of sp³-hybridized carbons (Fsp3) is 0.208. The van der Waals surface area contributed by atoms with Gasteiger partial charge in [0.1, 0.15) is 15.7 Å². The molecule has 170 valence electrons. The van der Waals surface area contributed by atoms with Crippen LogP contribution >= 0.6 is 23.1 Å². The zero-order chi connectivity index (χ0) is 23.2. The highest BCUT2D eigenvalue weighted by molar-refractivity contribution is 8.00. The van der Waals surface area contributed by atoms with Crippen LogP contribution in [0.4, 0.5) is 5.69 Å². The van der Waals surface area contributed by atoms with Gasteiger partial charge >= 0.3 is 0 Å². The number of thiazole rings is 1. The van der Waals surface area contributed by atoms with Crippen LogP contribution < -0.4 is 15.4 Å². The molecule has 4 aromatic rings. The third-order valence-electron chi connectivity index (χ3n) is 4.70. The molecule has 0 aliphatic carbocycles. The lowest BCUT2D eigenvalue weighted by molar-refractivity contribution is -0.115. The number of nitrogens with zero attached hydrogens (tertiary/aromatic N) is 1. The maximum Gasteiger partial charge on any atom is 0.287 e. The van der Waals surface area contributed by atoms with Gasteiger partial charge in [0.2, 0.25) is 5.91 Å². The zero-order valence-corrected chi connectivity index (χ0v) is 19.8. The number of carbonyl (C=O) groups excluding carboxylic acids is 2. The second kappa shape index (κ2) is 10.5. The number of furan rings is 1. The molecule has 0 saturated heterocycles. The summed E-state index contributed by atoms with van der Waals surface area (Å²) >= 11 is 3.12. The Hall–Kier alpha value is -3.30. The van der Waals surface area contributed by atoms with Crippen molar-refractivity contribution in [1.82, 2.24) is 10.3 Å². The van der Waals surface area contributed by atoms with Crippen molar-refractivity contribution in [3.8, 4) is 5.75 Å². The van der Waals surface area contributed by atoms with Crippen molar-refractivity contribution >= 4 is 51.6 Å². The number of carbonyl (C=O) groups is 2. The fourth-order valence-corrected chi connectivity index (χ4v) is 5.08. The Morgan fingerprint density at radius 1 is 1.15 bits per heavy atom. The molecular formula is C24H23N3O4S2. The van der Waals surface area contributed by atoms with Gasteiger partial charge in [-0.2, -0.15) is 0 Å². The highest BCUT2D eigenvalue weighted by Gasteiger charge is 2.21. The van der Waals surface area contributed by atoms with Crippen LogP contribution in [0.2, 0.25) is 0 Å². The second-order valence-electron chi connectivity index (χ2n) is 7.14. The number of rotatable bonds is 9. The monoisotopic (exact) mass is 481 g/mol. The predicted molar refractivity (Wildman–Crippen MR) is 131 cm³/mol. The molecule has 0 unspecified atom stereocenters. The van der Waals surface area contributed by atoms with E-state index < -0.39 is 5.91 Å². The lowest BCUT2D eigenvalue weighted by Gasteiger charge is -2.08. The molecule has 33 heavy (non-hydrogen) atoms. The van der Waals surface area contributed by atoms with Gasteiger partial charge in [-0.05, 0) is 44.2 Å². The summed E-state index contributed by atoms with van der Waals surface area (Å²) in [5.74, 6) is 0.708. The van der Waals surface area contributed by atoms with Crippen molar-refractivity contribution in [3.63, 3.8) is 0 Å². The molecule has 0 bridgehead atoms. The van der Waals surface area contributed by atoms with E-state index in [4.69, 9.17) is 9.15 Å². The molecule has 0 saturated carbocycles. The van der Waals surface area contributed by atoms with Crippen LogP contribution in [0.15, 0.2) is 62.7 Å². The van der Waals surface area contributed by atoms with Crippen molar-refractivity contribution in [3.05, 3.63) is 70.9 Å². The van der Waals surface area contributed by atoms with Crippen molar-refractivity contribution < 1.29 is 18.7 Å². The van der Waals surface area contributed by atoms with Gasteiger partial charge in [-0.25, -0.2) is 4.98 Å². The van der Waals surface area contributed by atoms with Gasteiger partial charge in [-0.15, -0.1) is 11.3 Å². The molecule has 2 heterocycles. The number of fused-ring (bicyclic) bond motifs is 1. The SMILES string of the molecule is CCOc1ccc(NC(=O)CNC(=O)c2oc3ccccc3c2CSc2nc(C)cs2)cc1. The molecule has 0 atom stereocenters. The number of benzene rings is 2. The molecule has 0 aliphatic heterocycles. The average molecular weight is 482 g/mol. The van der Waals surface area contributed by atoms with Gasteiger partial charge < -0.3 is 19.8 Å². The number of aromatic nitrogens is 1. The van der Waals surface area contributed by atoms with Gasteiger partial charge in [0.25, 0.3) is 5.91 Å². The van der Waals surface area contributed by atoms with E-state index in [1.807, 2.05) is 43.5 Å². The smallest absolute Gasteiger partial charge is 0.287 e. The third-order valence-corrected chi connectivity index (χ3v) is 6.87. The Labute approximate surface area is 199 Å². The second-order valence-corrected chi connectivity index (χ2v) is 9.22. The number of nitrogens with one attached hydrogen (secondary N) is 2. The van der Waals surface area contributed by atoms with Crippen molar-refractivity contribution in [2.45, 2.75) is 23.9 Å². The van der Waals surface area contributed by atoms with Crippen LogP contribution in [0.25, 0.3) is 11.0 Å². The summed E-state index contributed by atoms with van der Waals surface area (Å²) in [5, 5.41) is 8.29. The Bertz CT molecular complexity index is 1260. The summed E-state index contributed by atoms with van der Waals surface area (Å²) < 4.78 is 12.2. The summed E-state index contributed by atoms with van der Waals surface area (Å²) in [6.07, 6.45) is 0. The van der Waals surface area contributed by atoms with Crippen LogP contribution in [0, 0.1) is 6.92 Å². The molecule has 0 fully saturated rings. The summed E-state index contributed by atoms with van der Waals surface area (Å²) in [7, 11) is 0. The number of ether oxygens (including phenoxy) is 1. The molecular weight excluding hydrogens is 458 g/mol. The highest BCUT2D eigenvalue weighted by Crippen LogP contribution is 2.33. The third kappa shape index (κ3) is 5.74. The van der Waals surface area contributed by atoms with Gasteiger partial charge in [-0.3, -0.25) is 9.59 Å². The first-order valence-electron chi connectivity index (χ1n) is 10.4. The molecule has 2 aromatic heterocycles. The van der Waals surface area contributed by atoms with Gasteiger partial charge in [0, 0.05) is 33.5 Å². The number of hydrogen-bond acceptors (Lipinski definition) is 7. The summed E-state index contributed by atoms with van der Waals surface area (Å²) in [5.41, 5.74) is 3.01. The average Bonchev–Trinajstić information content (AvgIpc) is 3.40. The van der Waals surface area contributed by atoms with Crippen molar-refractivity contribution in [2.24, 2.45) is 0 Å². The van der Waals surface area contributed by atoms with E-state index in [0.717, 1.165) is 26.7 Å². The van der Waals surface area contributed by atoms with Crippen LogP contribution in [-0.2, 0) is 10.5 Å². The van der Waals surface area contributed by atoms with E-state index >= 15 is 0 Å². The van der Waals surface area contributed by atoms with E-state index in [9.17, 15) is 9.59 Å². The maximum absolute atomic E-state index is 12.9. The van der Waals surface area contributed by atoms with E-state index in [1.54, 1.807) is 47.4 Å². The number of anilines is 1. The minimum absolute atomic E-state index is 0.179. The molecule has 2 amide bonds. The first-order chi connectivity index (χ1) is 16.0. The van der Waals surface area contributed by atoms with Gasteiger partial charge in [0.05, 0.1) is 13.2 Å². The lowest BCUT2D eigenvalue weighted by atomic mass is 10.1. The quantitative estimate of drug-likeness (QED) is 0.317. The normalized spacial score (nSPS) is 10.8. The van der Waals surface area contributed by atoms with E-state index in [0.29, 0.717) is 23.6 Å². The molecule has 2 N–H and O–H groups in total. The molecule has 9 heteroatoms. The van der Waals surface area contributed by atoms with Crippen LogP contribution in [0.5, 0.6) is 5.75 Å². The number of amides is 2. The van der Waals surface area contributed by atoms with E-state index in [2.05, 4.69) is 15.6 Å². The van der Waals surface area contributed by atoms with Gasteiger partial charge in [0.15, 0.2) is 5.76 Å². The molecule has 7 nitrogen and oxygen atoms in total.